The summed E-state index contributed by atoms with van der Waals surface area (Å²) in [5.41, 5.74) is 1.10. The molecule has 0 fully saturated rings. The van der Waals surface area contributed by atoms with Crippen LogP contribution in [0.25, 0.3) is 0 Å². The predicted molar refractivity (Wildman–Crippen MR) is 117 cm³/mol. The van der Waals surface area contributed by atoms with Crippen LogP contribution in [0.2, 0.25) is 0 Å². The van der Waals surface area contributed by atoms with Gasteiger partial charge in [0.1, 0.15) is 18.1 Å². The van der Waals surface area contributed by atoms with Crippen LogP contribution < -0.4 is 14.4 Å². The number of rotatable bonds is 8. The summed E-state index contributed by atoms with van der Waals surface area (Å²) < 4.78 is 46.4. The number of anilines is 1. The van der Waals surface area contributed by atoms with E-state index in [4.69, 9.17) is 4.74 Å². The van der Waals surface area contributed by atoms with Gasteiger partial charge in [0.15, 0.2) is 0 Å². The molecule has 1 N–H and O–H groups in total. The summed E-state index contributed by atoms with van der Waals surface area (Å²) >= 11 is 0. The SMILES string of the molecule is COc1ccccc1N(CC(=O)NC(C)c1ccccc1)S(=O)(=O)c1ccc(F)cc1. The van der Waals surface area contributed by atoms with Crippen molar-refractivity contribution in [3.05, 3.63) is 90.2 Å². The molecule has 0 saturated heterocycles. The first-order valence-corrected chi connectivity index (χ1v) is 11.0. The van der Waals surface area contributed by atoms with Crippen LogP contribution in [0.3, 0.4) is 0 Å². The zero-order valence-corrected chi connectivity index (χ0v) is 18.0. The molecule has 3 aromatic rings. The maximum absolute atomic E-state index is 13.4. The molecule has 1 amide bonds. The van der Waals surface area contributed by atoms with Crippen molar-refractivity contribution in [2.24, 2.45) is 0 Å². The van der Waals surface area contributed by atoms with Crippen molar-refractivity contribution in [1.82, 2.24) is 5.32 Å². The van der Waals surface area contributed by atoms with Crippen LogP contribution in [0.15, 0.2) is 83.8 Å². The molecule has 162 valence electrons. The fraction of sp³-hybridized carbons (Fsp3) is 0.174. The largest absolute Gasteiger partial charge is 0.495 e. The van der Waals surface area contributed by atoms with Crippen molar-refractivity contribution >= 4 is 21.6 Å². The molecule has 0 bridgehead atoms. The second-order valence-corrected chi connectivity index (χ2v) is 8.70. The van der Waals surface area contributed by atoms with Crippen LogP contribution in [0, 0.1) is 5.82 Å². The topological polar surface area (TPSA) is 75.7 Å². The van der Waals surface area contributed by atoms with Gasteiger partial charge >= 0.3 is 0 Å². The quantitative estimate of drug-likeness (QED) is 0.574. The average molecular weight is 443 g/mol. The Kier molecular flexibility index (Phi) is 6.91. The van der Waals surface area contributed by atoms with Gasteiger partial charge in [-0.05, 0) is 48.9 Å². The highest BCUT2D eigenvalue weighted by Gasteiger charge is 2.29. The molecule has 0 heterocycles. The number of halogens is 1. The van der Waals surface area contributed by atoms with Crippen molar-refractivity contribution in [1.29, 1.82) is 0 Å². The van der Waals surface area contributed by atoms with Crippen molar-refractivity contribution in [3.63, 3.8) is 0 Å². The third-order valence-corrected chi connectivity index (χ3v) is 6.49. The van der Waals surface area contributed by atoms with Crippen LogP contribution >= 0.6 is 0 Å². The molecule has 8 heteroatoms. The first-order chi connectivity index (χ1) is 14.8. The number of methoxy groups -OCH3 is 1. The van der Waals surface area contributed by atoms with Crippen LogP contribution in [0.4, 0.5) is 10.1 Å². The summed E-state index contributed by atoms with van der Waals surface area (Å²) in [5, 5.41) is 2.82. The van der Waals surface area contributed by atoms with Gasteiger partial charge in [0.2, 0.25) is 5.91 Å². The number of nitrogens with zero attached hydrogens (tertiary/aromatic N) is 1. The van der Waals surface area contributed by atoms with Crippen molar-refractivity contribution in [2.75, 3.05) is 18.0 Å². The Morgan fingerprint density at radius 2 is 1.61 bits per heavy atom. The lowest BCUT2D eigenvalue weighted by atomic mass is 10.1. The normalized spacial score (nSPS) is 12.1. The zero-order valence-electron chi connectivity index (χ0n) is 17.2. The molecule has 1 unspecified atom stereocenters. The monoisotopic (exact) mass is 442 g/mol. The van der Waals surface area contributed by atoms with Gasteiger partial charge in [-0.25, -0.2) is 12.8 Å². The molecule has 0 aliphatic carbocycles. The zero-order chi connectivity index (χ0) is 22.4. The fourth-order valence-electron chi connectivity index (χ4n) is 3.11. The number of para-hydroxylation sites is 2. The standard InChI is InChI=1S/C23H23FN2O4S/c1-17(18-8-4-3-5-9-18)25-23(27)16-26(21-10-6-7-11-22(21)30-2)31(28,29)20-14-12-19(24)13-15-20/h3-15,17H,16H2,1-2H3,(H,25,27). The Morgan fingerprint density at radius 3 is 2.26 bits per heavy atom. The summed E-state index contributed by atoms with van der Waals surface area (Å²) in [7, 11) is -2.76. The number of hydrogen-bond donors (Lipinski definition) is 1. The predicted octanol–water partition coefficient (Wildman–Crippen LogP) is 3.91. The summed E-state index contributed by atoms with van der Waals surface area (Å²) in [6.07, 6.45) is 0. The van der Waals surface area contributed by atoms with E-state index in [2.05, 4.69) is 5.32 Å². The maximum atomic E-state index is 13.4. The highest BCUT2D eigenvalue weighted by molar-refractivity contribution is 7.92. The van der Waals surface area contributed by atoms with E-state index in [-0.39, 0.29) is 22.4 Å². The van der Waals surface area contributed by atoms with E-state index in [9.17, 15) is 17.6 Å². The summed E-state index contributed by atoms with van der Waals surface area (Å²) in [5.74, 6) is -0.762. The van der Waals surface area contributed by atoms with Gasteiger partial charge in [0, 0.05) is 0 Å². The van der Waals surface area contributed by atoms with Crippen molar-refractivity contribution < 1.29 is 22.3 Å². The smallest absolute Gasteiger partial charge is 0.264 e. The molecule has 3 aromatic carbocycles. The Bertz CT molecular complexity index is 1140. The van der Waals surface area contributed by atoms with Gasteiger partial charge in [0.25, 0.3) is 10.0 Å². The number of ether oxygens (including phenoxy) is 1. The van der Waals surface area contributed by atoms with E-state index in [0.717, 1.165) is 34.1 Å². The molecule has 0 saturated carbocycles. The minimum Gasteiger partial charge on any atom is -0.495 e. The molecular weight excluding hydrogens is 419 g/mol. The van der Waals surface area contributed by atoms with Gasteiger partial charge < -0.3 is 10.1 Å². The van der Waals surface area contributed by atoms with Crippen LogP contribution in [0.1, 0.15) is 18.5 Å². The molecule has 6 nitrogen and oxygen atoms in total. The Hall–Kier alpha value is -3.39. The van der Waals surface area contributed by atoms with E-state index in [1.54, 1.807) is 24.3 Å². The van der Waals surface area contributed by atoms with Crippen LogP contribution in [-0.2, 0) is 14.8 Å². The molecule has 1 atom stereocenters. The van der Waals surface area contributed by atoms with Crippen LogP contribution in [0.5, 0.6) is 5.75 Å². The molecule has 0 radical (unpaired) electrons. The van der Waals surface area contributed by atoms with Gasteiger partial charge in [-0.1, -0.05) is 42.5 Å². The number of amides is 1. The first kappa shape index (κ1) is 22.3. The number of sulfonamides is 1. The van der Waals surface area contributed by atoms with E-state index in [0.29, 0.717) is 0 Å². The molecule has 0 aromatic heterocycles. The van der Waals surface area contributed by atoms with Crippen LogP contribution in [-0.4, -0.2) is 28.0 Å². The maximum Gasteiger partial charge on any atom is 0.264 e. The molecular formula is C23H23FN2O4S. The van der Waals surface area contributed by atoms with Crippen molar-refractivity contribution in [3.8, 4) is 5.75 Å². The Balaban J connectivity index is 1.94. The lowest BCUT2D eigenvalue weighted by Crippen LogP contribution is -2.41. The Labute approximate surface area is 181 Å². The summed E-state index contributed by atoms with van der Waals surface area (Å²) in [6, 6.07) is 20.0. The third kappa shape index (κ3) is 5.21. The summed E-state index contributed by atoms with van der Waals surface area (Å²) in [6.45, 7) is 1.34. The number of carbonyl (C=O) groups excluding carboxylic acids is 1. The third-order valence-electron chi connectivity index (χ3n) is 4.72. The number of benzene rings is 3. The molecule has 0 spiro atoms. The lowest BCUT2D eigenvalue weighted by molar-refractivity contribution is -0.120. The molecule has 31 heavy (non-hydrogen) atoms. The minimum absolute atomic E-state index is 0.135. The van der Waals surface area contributed by atoms with Gasteiger partial charge in [-0.2, -0.15) is 0 Å². The van der Waals surface area contributed by atoms with E-state index in [1.807, 2.05) is 37.3 Å². The molecule has 0 aliphatic heterocycles. The highest BCUT2D eigenvalue weighted by Crippen LogP contribution is 2.32. The second-order valence-electron chi connectivity index (χ2n) is 6.84. The number of carbonyl (C=O) groups is 1. The average Bonchev–Trinajstić information content (AvgIpc) is 2.78. The van der Waals surface area contributed by atoms with E-state index >= 15 is 0 Å². The van der Waals surface area contributed by atoms with Crippen molar-refractivity contribution in [2.45, 2.75) is 17.9 Å². The van der Waals surface area contributed by atoms with E-state index < -0.39 is 28.3 Å². The first-order valence-electron chi connectivity index (χ1n) is 9.58. The van der Waals surface area contributed by atoms with Gasteiger partial charge in [0.05, 0.1) is 23.7 Å². The Morgan fingerprint density at radius 1 is 1.00 bits per heavy atom. The molecule has 3 rings (SSSR count). The number of nitrogens with one attached hydrogen (secondary N) is 1. The highest BCUT2D eigenvalue weighted by atomic mass is 32.2. The van der Waals surface area contributed by atoms with E-state index in [1.165, 1.54) is 7.11 Å². The fourth-order valence-corrected chi connectivity index (χ4v) is 4.54. The van der Waals surface area contributed by atoms with Gasteiger partial charge in [-0.3, -0.25) is 9.10 Å². The summed E-state index contributed by atoms with van der Waals surface area (Å²) in [4.78, 5) is 12.7. The molecule has 0 aliphatic rings. The lowest BCUT2D eigenvalue weighted by Gasteiger charge is -2.26. The second kappa shape index (κ2) is 9.61. The minimum atomic E-state index is -4.17. The van der Waals surface area contributed by atoms with Gasteiger partial charge in [-0.15, -0.1) is 0 Å². The number of hydrogen-bond acceptors (Lipinski definition) is 4.